The molecule has 1 saturated carbocycles. The van der Waals surface area contributed by atoms with Gasteiger partial charge in [0.15, 0.2) is 0 Å². The largest absolute Gasteiger partial charge is 0.0988 e. The van der Waals surface area contributed by atoms with Gasteiger partial charge in [0.05, 0.1) is 0 Å². The van der Waals surface area contributed by atoms with Crippen molar-refractivity contribution in [2.75, 3.05) is 0 Å². The number of allylic oxidation sites excluding steroid dienone is 10. The maximum atomic E-state index is 4.37. The predicted octanol–water partition coefficient (Wildman–Crippen LogP) is 6.31. The van der Waals surface area contributed by atoms with E-state index in [0.717, 1.165) is 0 Å². The van der Waals surface area contributed by atoms with E-state index in [1.807, 2.05) is 26.0 Å². The van der Waals surface area contributed by atoms with Crippen LogP contribution in [0.4, 0.5) is 0 Å². The molecule has 0 radical (unpaired) electrons. The highest BCUT2D eigenvalue weighted by molar-refractivity contribution is 5.42. The zero-order valence-corrected chi connectivity index (χ0v) is 13.1. The first kappa shape index (κ1) is 16.5. The minimum absolute atomic E-state index is 0.0809. The van der Waals surface area contributed by atoms with E-state index in [1.54, 1.807) is 0 Å². The Morgan fingerprint density at radius 1 is 0.950 bits per heavy atom. The number of hydrogen-bond donors (Lipinski definition) is 0. The topological polar surface area (TPSA) is 0 Å². The molecule has 0 aromatic carbocycles. The second-order valence-electron chi connectivity index (χ2n) is 5.40. The van der Waals surface area contributed by atoms with Crippen molar-refractivity contribution in [3.8, 4) is 0 Å². The third-order valence-electron chi connectivity index (χ3n) is 4.16. The Morgan fingerprint density at radius 2 is 1.60 bits per heavy atom. The van der Waals surface area contributed by atoms with Gasteiger partial charge >= 0.3 is 0 Å². The molecule has 20 heavy (non-hydrogen) atoms. The maximum Gasteiger partial charge on any atom is 0.0196 e. The SMILES string of the molecule is C=C/C(=C\C=C/C)C1(C(=C)/C=C\C=C/C)CCCCC1. The minimum Gasteiger partial charge on any atom is -0.0988 e. The van der Waals surface area contributed by atoms with Crippen LogP contribution in [0.1, 0.15) is 46.0 Å². The summed E-state index contributed by atoms with van der Waals surface area (Å²) in [5.41, 5.74) is 2.61. The Kier molecular flexibility index (Phi) is 7.08. The lowest BCUT2D eigenvalue weighted by Crippen LogP contribution is -2.27. The van der Waals surface area contributed by atoms with Crippen molar-refractivity contribution in [1.29, 1.82) is 0 Å². The van der Waals surface area contributed by atoms with Crippen LogP contribution < -0.4 is 0 Å². The molecule has 0 aromatic rings. The Bertz CT molecular complexity index is 435. The second-order valence-corrected chi connectivity index (χ2v) is 5.40. The first-order valence-corrected chi connectivity index (χ1v) is 7.66. The van der Waals surface area contributed by atoms with Gasteiger partial charge in [-0.15, -0.1) is 0 Å². The normalized spacial score (nSPS) is 20.0. The quantitative estimate of drug-likeness (QED) is 0.495. The average molecular weight is 268 g/mol. The molecule has 0 N–H and O–H groups in total. The molecule has 0 heterocycles. The van der Waals surface area contributed by atoms with Gasteiger partial charge in [0.25, 0.3) is 0 Å². The molecular weight excluding hydrogens is 240 g/mol. The summed E-state index contributed by atoms with van der Waals surface area (Å²) in [6.45, 7) is 12.5. The van der Waals surface area contributed by atoms with Gasteiger partial charge in [-0.2, -0.15) is 0 Å². The van der Waals surface area contributed by atoms with Crippen LogP contribution in [0.2, 0.25) is 0 Å². The lowest BCUT2D eigenvalue weighted by atomic mass is 9.64. The van der Waals surface area contributed by atoms with E-state index in [-0.39, 0.29) is 5.41 Å². The zero-order chi connectivity index (χ0) is 14.8. The second kappa shape index (κ2) is 8.58. The van der Waals surface area contributed by atoms with Gasteiger partial charge in [-0.1, -0.05) is 81.0 Å². The highest BCUT2D eigenvalue weighted by atomic mass is 14.4. The molecule has 0 nitrogen and oxygen atoms in total. The predicted molar refractivity (Wildman–Crippen MR) is 91.7 cm³/mol. The Labute approximate surface area is 125 Å². The van der Waals surface area contributed by atoms with Crippen LogP contribution in [-0.4, -0.2) is 0 Å². The smallest absolute Gasteiger partial charge is 0.0196 e. The van der Waals surface area contributed by atoms with Gasteiger partial charge in [0, 0.05) is 5.41 Å². The summed E-state index contributed by atoms with van der Waals surface area (Å²) in [6, 6.07) is 0. The van der Waals surface area contributed by atoms with Crippen LogP contribution in [0.25, 0.3) is 0 Å². The van der Waals surface area contributed by atoms with Crippen LogP contribution >= 0.6 is 0 Å². The molecule has 0 bridgehead atoms. The van der Waals surface area contributed by atoms with Crippen molar-refractivity contribution in [2.45, 2.75) is 46.0 Å². The molecule has 0 unspecified atom stereocenters. The van der Waals surface area contributed by atoms with E-state index < -0.39 is 0 Å². The molecule has 0 atom stereocenters. The Balaban J connectivity index is 3.14. The summed E-state index contributed by atoms with van der Waals surface area (Å²) < 4.78 is 0. The third kappa shape index (κ3) is 3.96. The Hall–Kier alpha value is -1.56. The molecule has 0 amide bonds. The fourth-order valence-electron chi connectivity index (χ4n) is 3.02. The van der Waals surface area contributed by atoms with Crippen LogP contribution in [0.3, 0.4) is 0 Å². The molecule has 0 heteroatoms. The summed E-state index contributed by atoms with van der Waals surface area (Å²) in [6.07, 6.45) is 23.0. The van der Waals surface area contributed by atoms with Gasteiger partial charge in [0.2, 0.25) is 0 Å². The van der Waals surface area contributed by atoms with Crippen molar-refractivity contribution in [2.24, 2.45) is 5.41 Å². The first-order valence-electron chi connectivity index (χ1n) is 7.66. The van der Waals surface area contributed by atoms with E-state index in [2.05, 4.69) is 49.6 Å². The summed E-state index contributed by atoms with van der Waals surface area (Å²) in [7, 11) is 0. The van der Waals surface area contributed by atoms with Gasteiger partial charge in [-0.25, -0.2) is 0 Å². The van der Waals surface area contributed by atoms with Gasteiger partial charge < -0.3 is 0 Å². The molecule has 0 aromatic heterocycles. The van der Waals surface area contributed by atoms with E-state index in [9.17, 15) is 0 Å². The third-order valence-corrected chi connectivity index (χ3v) is 4.16. The maximum absolute atomic E-state index is 4.37. The van der Waals surface area contributed by atoms with Crippen molar-refractivity contribution in [3.63, 3.8) is 0 Å². The van der Waals surface area contributed by atoms with E-state index in [0.29, 0.717) is 0 Å². The fraction of sp³-hybridized carbons (Fsp3) is 0.400. The van der Waals surface area contributed by atoms with Crippen LogP contribution in [-0.2, 0) is 0 Å². The van der Waals surface area contributed by atoms with E-state index >= 15 is 0 Å². The standard InChI is InChI=1S/C20H28/c1-5-8-11-14-18(4)20(16-12-10-13-17-20)19(7-3)15-9-6-2/h5-9,11,14-15H,3-4,10,12-13,16-17H2,1-2H3/b8-5-,9-6-,14-11-,19-15+. The molecular formula is C20H28. The van der Waals surface area contributed by atoms with Crippen LogP contribution in [0, 0.1) is 5.41 Å². The number of rotatable bonds is 6. The molecule has 1 fully saturated rings. The lowest BCUT2D eigenvalue weighted by Gasteiger charge is -2.39. The average Bonchev–Trinajstić information content (AvgIpc) is 2.49. The van der Waals surface area contributed by atoms with Crippen molar-refractivity contribution in [1.82, 2.24) is 0 Å². The van der Waals surface area contributed by atoms with Crippen molar-refractivity contribution < 1.29 is 0 Å². The van der Waals surface area contributed by atoms with E-state index in [1.165, 1.54) is 43.3 Å². The minimum atomic E-state index is 0.0809. The fourth-order valence-corrected chi connectivity index (χ4v) is 3.02. The first-order chi connectivity index (χ1) is 9.71. The van der Waals surface area contributed by atoms with Gasteiger partial charge in [-0.3, -0.25) is 0 Å². The van der Waals surface area contributed by atoms with Crippen molar-refractivity contribution in [3.05, 3.63) is 72.9 Å². The highest BCUT2D eigenvalue weighted by Crippen LogP contribution is 2.48. The summed E-state index contributed by atoms with van der Waals surface area (Å²) in [5.74, 6) is 0. The Morgan fingerprint density at radius 3 is 2.15 bits per heavy atom. The highest BCUT2D eigenvalue weighted by Gasteiger charge is 2.35. The van der Waals surface area contributed by atoms with E-state index in [4.69, 9.17) is 0 Å². The summed E-state index contributed by atoms with van der Waals surface area (Å²) in [5, 5.41) is 0. The monoisotopic (exact) mass is 268 g/mol. The molecule has 108 valence electrons. The number of hydrogen-bond acceptors (Lipinski definition) is 0. The molecule has 0 saturated heterocycles. The summed E-state index contributed by atoms with van der Waals surface area (Å²) >= 11 is 0. The molecule has 1 aliphatic carbocycles. The van der Waals surface area contributed by atoms with Crippen molar-refractivity contribution >= 4 is 0 Å². The van der Waals surface area contributed by atoms with Gasteiger partial charge in [-0.05, 0) is 37.8 Å². The molecule has 0 spiro atoms. The summed E-state index contributed by atoms with van der Waals surface area (Å²) in [4.78, 5) is 0. The molecule has 1 rings (SSSR count). The molecule has 1 aliphatic rings. The van der Waals surface area contributed by atoms with Crippen LogP contribution in [0.15, 0.2) is 72.9 Å². The molecule has 0 aliphatic heterocycles. The van der Waals surface area contributed by atoms with Crippen LogP contribution in [0.5, 0.6) is 0 Å². The lowest BCUT2D eigenvalue weighted by molar-refractivity contribution is 0.301. The van der Waals surface area contributed by atoms with Gasteiger partial charge in [0.1, 0.15) is 0 Å². The zero-order valence-electron chi connectivity index (χ0n) is 13.1.